The van der Waals surface area contributed by atoms with Crippen LogP contribution in [0.1, 0.15) is 16.1 Å². The molecule has 0 saturated heterocycles. The van der Waals surface area contributed by atoms with Gasteiger partial charge in [0.25, 0.3) is 0 Å². The standard InChI is InChI=1S/C21H14BrNO3/c22-20-16-12-18(23-17(16)10-11-19(20)24)21(25)13-6-8-15(9-7-13)26-14-4-2-1-3-5-14/h1-12,23-24H. The molecular formula is C21H14BrNO3. The number of carbonyl (C=O) groups excluding carboxylic acids is 1. The van der Waals surface area contributed by atoms with Gasteiger partial charge in [-0.15, -0.1) is 0 Å². The second kappa shape index (κ2) is 6.69. The van der Waals surface area contributed by atoms with Crippen molar-refractivity contribution in [3.63, 3.8) is 0 Å². The number of aromatic hydroxyl groups is 1. The van der Waals surface area contributed by atoms with Crippen molar-refractivity contribution < 1.29 is 14.6 Å². The van der Waals surface area contributed by atoms with Crippen molar-refractivity contribution in [2.45, 2.75) is 0 Å². The molecule has 128 valence electrons. The van der Waals surface area contributed by atoms with Gasteiger partial charge in [-0.25, -0.2) is 0 Å². The average Bonchev–Trinajstić information content (AvgIpc) is 3.11. The van der Waals surface area contributed by atoms with E-state index in [4.69, 9.17) is 4.74 Å². The van der Waals surface area contributed by atoms with Crippen LogP contribution < -0.4 is 4.74 Å². The quantitative estimate of drug-likeness (QED) is 0.429. The first-order valence-corrected chi connectivity index (χ1v) is 8.79. The molecule has 0 aliphatic heterocycles. The summed E-state index contributed by atoms with van der Waals surface area (Å²) in [7, 11) is 0. The smallest absolute Gasteiger partial charge is 0.209 e. The van der Waals surface area contributed by atoms with E-state index >= 15 is 0 Å². The number of hydrogen-bond acceptors (Lipinski definition) is 3. The Morgan fingerprint density at radius 2 is 1.62 bits per heavy atom. The number of phenolic OH excluding ortho intramolecular Hbond substituents is 1. The number of hydrogen-bond donors (Lipinski definition) is 2. The summed E-state index contributed by atoms with van der Waals surface area (Å²) >= 11 is 3.34. The van der Waals surface area contributed by atoms with E-state index in [-0.39, 0.29) is 11.5 Å². The Bertz CT molecular complexity index is 1090. The maximum absolute atomic E-state index is 12.7. The minimum Gasteiger partial charge on any atom is -0.507 e. The molecule has 5 heteroatoms. The van der Waals surface area contributed by atoms with Crippen molar-refractivity contribution >= 4 is 32.6 Å². The van der Waals surface area contributed by atoms with E-state index in [1.807, 2.05) is 30.3 Å². The lowest BCUT2D eigenvalue weighted by atomic mass is 10.1. The van der Waals surface area contributed by atoms with E-state index < -0.39 is 0 Å². The van der Waals surface area contributed by atoms with Gasteiger partial charge in [0.2, 0.25) is 5.78 Å². The number of phenols is 1. The van der Waals surface area contributed by atoms with Gasteiger partial charge in [0.05, 0.1) is 10.2 Å². The fourth-order valence-corrected chi connectivity index (χ4v) is 3.19. The first-order valence-electron chi connectivity index (χ1n) is 8.00. The summed E-state index contributed by atoms with van der Waals surface area (Å²) in [5, 5.41) is 10.5. The Kier molecular flexibility index (Phi) is 4.22. The third-order valence-electron chi connectivity index (χ3n) is 4.06. The number of carbonyl (C=O) groups is 1. The van der Waals surface area contributed by atoms with E-state index in [9.17, 15) is 9.90 Å². The highest BCUT2D eigenvalue weighted by Gasteiger charge is 2.15. The molecule has 0 aliphatic carbocycles. The molecule has 1 aromatic heterocycles. The molecule has 0 amide bonds. The second-order valence-electron chi connectivity index (χ2n) is 5.81. The Morgan fingerprint density at radius 3 is 2.35 bits per heavy atom. The molecule has 0 spiro atoms. The Labute approximate surface area is 158 Å². The normalized spacial score (nSPS) is 10.8. The molecule has 0 saturated carbocycles. The zero-order chi connectivity index (χ0) is 18.1. The van der Waals surface area contributed by atoms with Crippen LogP contribution in [0.15, 0.2) is 77.3 Å². The van der Waals surface area contributed by atoms with Crippen molar-refractivity contribution in [2.24, 2.45) is 0 Å². The maximum atomic E-state index is 12.7. The van der Waals surface area contributed by atoms with Crippen molar-refractivity contribution in [1.29, 1.82) is 0 Å². The zero-order valence-electron chi connectivity index (χ0n) is 13.6. The van der Waals surface area contributed by atoms with Gasteiger partial charge in [0.1, 0.15) is 17.2 Å². The topological polar surface area (TPSA) is 62.3 Å². The number of ether oxygens (including phenoxy) is 1. The largest absolute Gasteiger partial charge is 0.507 e. The van der Waals surface area contributed by atoms with Crippen molar-refractivity contribution in [3.8, 4) is 17.2 Å². The number of para-hydroxylation sites is 1. The molecule has 4 rings (SSSR count). The van der Waals surface area contributed by atoms with Crippen LogP contribution in [0.3, 0.4) is 0 Å². The molecule has 26 heavy (non-hydrogen) atoms. The minimum atomic E-state index is -0.126. The highest BCUT2D eigenvalue weighted by molar-refractivity contribution is 9.10. The molecular weight excluding hydrogens is 394 g/mol. The average molecular weight is 408 g/mol. The SMILES string of the molecule is O=C(c1ccc(Oc2ccccc2)cc1)c1cc2c(Br)c(O)ccc2[nH]1. The number of nitrogens with one attached hydrogen (secondary N) is 1. The predicted octanol–water partition coefficient (Wildman–Crippen LogP) is 5.66. The lowest BCUT2D eigenvalue weighted by molar-refractivity contribution is 0.103. The third kappa shape index (κ3) is 3.09. The van der Waals surface area contributed by atoms with E-state index in [1.54, 1.807) is 42.5 Å². The molecule has 0 atom stereocenters. The number of ketones is 1. The first-order chi connectivity index (χ1) is 12.6. The third-order valence-corrected chi connectivity index (χ3v) is 4.89. The van der Waals surface area contributed by atoms with Crippen LogP contribution in [0.25, 0.3) is 10.9 Å². The monoisotopic (exact) mass is 407 g/mol. The van der Waals surface area contributed by atoms with Crippen LogP contribution in [0.2, 0.25) is 0 Å². The Balaban J connectivity index is 1.59. The van der Waals surface area contributed by atoms with Gasteiger partial charge < -0.3 is 14.8 Å². The summed E-state index contributed by atoms with van der Waals surface area (Å²) in [5.74, 6) is 1.42. The van der Waals surface area contributed by atoms with Gasteiger partial charge in [0, 0.05) is 16.5 Å². The molecule has 0 bridgehead atoms. The van der Waals surface area contributed by atoms with Gasteiger partial charge in [-0.2, -0.15) is 0 Å². The number of aromatic nitrogens is 1. The van der Waals surface area contributed by atoms with Crippen molar-refractivity contribution in [1.82, 2.24) is 4.98 Å². The highest BCUT2D eigenvalue weighted by Crippen LogP contribution is 2.33. The van der Waals surface area contributed by atoms with Crippen LogP contribution in [0.5, 0.6) is 17.2 Å². The second-order valence-corrected chi connectivity index (χ2v) is 6.60. The van der Waals surface area contributed by atoms with E-state index in [2.05, 4.69) is 20.9 Å². The fraction of sp³-hybridized carbons (Fsp3) is 0. The summed E-state index contributed by atoms with van der Waals surface area (Å²) in [5.41, 5.74) is 1.79. The van der Waals surface area contributed by atoms with Gasteiger partial charge in [-0.1, -0.05) is 18.2 Å². The number of benzene rings is 3. The molecule has 2 N–H and O–H groups in total. The Morgan fingerprint density at radius 1 is 0.923 bits per heavy atom. The molecule has 0 radical (unpaired) electrons. The molecule has 1 heterocycles. The van der Waals surface area contributed by atoms with Crippen LogP contribution >= 0.6 is 15.9 Å². The highest BCUT2D eigenvalue weighted by atomic mass is 79.9. The number of fused-ring (bicyclic) bond motifs is 1. The minimum absolute atomic E-state index is 0.126. The maximum Gasteiger partial charge on any atom is 0.209 e. The lowest BCUT2D eigenvalue weighted by Gasteiger charge is -2.06. The van der Waals surface area contributed by atoms with Crippen LogP contribution in [-0.4, -0.2) is 15.9 Å². The van der Waals surface area contributed by atoms with Crippen LogP contribution in [0.4, 0.5) is 0 Å². The van der Waals surface area contributed by atoms with Gasteiger partial charge in [-0.3, -0.25) is 4.79 Å². The molecule has 4 nitrogen and oxygen atoms in total. The van der Waals surface area contributed by atoms with Crippen molar-refractivity contribution in [3.05, 3.63) is 88.5 Å². The van der Waals surface area contributed by atoms with Crippen molar-refractivity contribution in [2.75, 3.05) is 0 Å². The van der Waals surface area contributed by atoms with E-state index in [0.29, 0.717) is 21.5 Å². The summed E-state index contributed by atoms with van der Waals surface area (Å²) in [4.78, 5) is 15.8. The van der Waals surface area contributed by atoms with Gasteiger partial charge in [0.15, 0.2) is 0 Å². The molecule has 0 aliphatic rings. The van der Waals surface area contributed by atoms with Gasteiger partial charge >= 0.3 is 0 Å². The van der Waals surface area contributed by atoms with Gasteiger partial charge in [-0.05, 0) is 70.5 Å². The van der Waals surface area contributed by atoms with E-state index in [0.717, 1.165) is 16.7 Å². The Hall–Kier alpha value is -3.05. The van der Waals surface area contributed by atoms with Crippen LogP contribution in [0, 0.1) is 0 Å². The zero-order valence-corrected chi connectivity index (χ0v) is 15.2. The fourth-order valence-electron chi connectivity index (χ4n) is 2.73. The summed E-state index contributed by atoms with van der Waals surface area (Å²) in [6.07, 6.45) is 0. The number of rotatable bonds is 4. The first kappa shape index (κ1) is 16.4. The molecule has 3 aromatic carbocycles. The molecule has 0 fully saturated rings. The van der Waals surface area contributed by atoms with Crippen LogP contribution in [-0.2, 0) is 0 Å². The van der Waals surface area contributed by atoms with E-state index in [1.165, 1.54) is 0 Å². The lowest BCUT2D eigenvalue weighted by Crippen LogP contribution is -2.01. The number of aromatic amines is 1. The summed E-state index contributed by atoms with van der Waals surface area (Å²) in [6, 6.07) is 21.5. The number of halogens is 1. The predicted molar refractivity (Wildman–Crippen MR) is 104 cm³/mol. The number of H-pyrrole nitrogens is 1. The molecule has 4 aromatic rings. The summed E-state index contributed by atoms with van der Waals surface area (Å²) < 4.78 is 6.31. The molecule has 0 unspecified atom stereocenters. The summed E-state index contributed by atoms with van der Waals surface area (Å²) in [6.45, 7) is 0.